The fourth-order valence-corrected chi connectivity index (χ4v) is 3.37. The Morgan fingerprint density at radius 1 is 1.43 bits per heavy atom. The number of carbonyl (C=O) groups excluding carboxylic acids is 1. The zero-order valence-electron chi connectivity index (χ0n) is 13.1. The predicted molar refractivity (Wildman–Crippen MR) is 82.9 cm³/mol. The van der Waals surface area contributed by atoms with Crippen molar-refractivity contribution in [2.75, 3.05) is 5.75 Å². The van der Waals surface area contributed by atoms with E-state index < -0.39 is 0 Å². The molecule has 1 amide bonds. The molecule has 1 aliphatic rings. The standard InChI is InChI=1S/C14H25N5OS/c1-10(2)8-19-14(16-17-18-19)21-9-13(20)15-12-7-5-4-6-11(12)3/h10-12H,4-9H2,1-3H3,(H,15,20)/t11-,12+/m0/s1. The number of nitrogens with zero attached hydrogens (tertiary/aromatic N) is 4. The van der Waals surface area contributed by atoms with Gasteiger partial charge in [-0.15, -0.1) is 5.10 Å². The van der Waals surface area contributed by atoms with Crippen molar-refractivity contribution in [1.29, 1.82) is 0 Å². The molecule has 0 saturated heterocycles. The van der Waals surface area contributed by atoms with Gasteiger partial charge in [0.05, 0.1) is 5.75 Å². The van der Waals surface area contributed by atoms with Gasteiger partial charge in [0.15, 0.2) is 0 Å². The lowest BCUT2D eigenvalue weighted by Crippen LogP contribution is -2.41. The first-order valence-electron chi connectivity index (χ1n) is 7.74. The minimum atomic E-state index is 0.0813. The van der Waals surface area contributed by atoms with Gasteiger partial charge in [0.2, 0.25) is 11.1 Å². The van der Waals surface area contributed by atoms with Gasteiger partial charge >= 0.3 is 0 Å². The van der Waals surface area contributed by atoms with Crippen LogP contribution in [0.2, 0.25) is 0 Å². The van der Waals surface area contributed by atoms with Crippen LogP contribution in [-0.4, -0.2) is 37.9 Å². The lowest BCUT2D eigenvalue weighted by atomic mass is 9.86. The van der Waals surface area contributed by atoms with Gasteiger partial charge in [0, 0.05) is 12.6 Å². The maximum absolute atomic E-state index is 12.1. The molecule has 6 nitrogen and oxygen atoms in total. The maximum Gasteiger partial charge on any atom is 0.230 e. The maximum atomic E-state index is 12.1. The van der Waals surface area contributed by atoms with Crippen LogP contribution in [0.25, 0.3) is 0 Å². The minimum absolute atomic E-state index is 0.0813. The molecule has 2 atom stereocenters. The van der Waals surface area contributed by atoms with Crippen LogP contribution in [0.3, 0.4) is 0 Å². The average molecular weight is 311 g/mol. The van der Waals surface area contributed by atoms with Gasteiger partial charge in [0.25, 0.3) is 0 Å². The normalized spacial score (nSPS) is 22.5. The van der Waals surface area contributed by atoms with Gasteiger partial charge in [-0.3, -0.25) is 4.79 Å². The number of carbonyl (C=O) groups is 1. The Morgan fingerprint density at radius 3 is 2.90 bits per heavy atom. The molecule has 0 bridgehead atoms. The molecule has 118 valence electrons. The molecular formula is C14H25N5OS. The summed E-state index contributed by atoms with van der Waals surface area (Å²) < 4.78 is 1.77. The summed E-state index contributed by atoms with van der Waals surface area (Å²) in [5.74, 6) is 1.52. The molecule has 2 rings (SSSR count). The topological polar surface area (TPSA) is 72.7 Å². The van der Waals surface area contributed by atoms with E-state index in [-0.39, 0.29) is 5.91 Å². The number of hydrogen-bond acceptors (Lipinski definition) is 5. The first kappa shape index (κ1) is 16.3. The fourth-order valence-electron chi connectivity index (χ4n) is 2.67. The van der Waals surface area contributed by atoms with Gasteiger partial charge in [-0.25, -0.2) is 4.68 Å². The molecule has 7 heteroatoms. The quantitative estimate of drug-likeness (QED) is 0.815. The zero-order valence-corrected chi connectivity index (χ0v) is 13.9. The molecule has 1 N–H and O–H groups in total. The van der Waals surface area contributed by atoms with E-state index >= 15 is 0 Å². The second-order valence-electron chi connectivity index (χ2n) is 6.26. The molecule has 0 spiro atoms. The van der Waals surface area contributed by atoms with Crippen molar-refractivity contribution in [3.8, 4) is 0 Å². The largest absolute Gasteiger partial charge is 0.352 e. The SMILES string of the molecule is CC(C)Cn1nnnc1SCC(=O)N[C@@H]1CCCC[C@@H]1C. The van der Waals surface area contributed by atoms with Crippen LogP contribution in [0.15, 0.2) is 5.16 Å². The molecule has 0 aromatic carbocycles. The van der Waals surface area contributed by atoms with E-state index in [1.54, 1.807) is 4.68 Å². The molecule has 1 fully saturated rings. The van der Waals surface area contributed by atoms with Crippen LogP contribution in [0, 0.1) is 11.8 Å². The summed E-state index contributed by atoms with van der Waals surface area (Å²) in [5.41, 5.74) is 0. The highest BCUT2D eigenvalue weighted by Crippen LogP contribution is 2.24. The second-order valence-corrected chi connectivity index (χ2v) is 7.20. The minimum Gasteiger partial charge on any atom is -0.352 e. The summed E-state index contributed by atoms with van der Waals surface area (Å²) >= 11 is 1.41. The van der Waals surface area contributed by atoms with Crippen molar-refractivity contribution in [3.63, 3.8) is 0 Å². The summed E-state index contributed by atoms with van der Waals surface area (Å²) in [6.07, 6.45) is 4.81. The second kappa shape index (κ2) is 7.77. The summed E-state index contributed by atoms with van der Waals surface area (Å²) in [4.78, 5) is 12.1. The highest BCUT2D eigenvalue weighted by atomic mass is 32.2. The van der Waals surface area contributed by atoms with E-state index in [1.165, 1.54) is 31.0 Å². The first-order chi connectivity index (χ1) is 10.1. The number of aromatic nitrogens is 4. The van der Waals surface area contributed by atoms with Gasteiger partial charge in [-0.2, -0.15) is 0 Å². The number of hydrogen-bond donors (Lipinski definition) is 1. The lowest BCUT2D eigenvalue weighted by Gasteiger charge is -2.29. The smallest absolute Gasteiger partial charge is 0.230 e. The predicted octanol–water partition coefficient (Wildman–Crippen LogP) is 2.12. The highest BCUT2D eigenvalue weighted by Gasteiger charge is 2.23. The Kier molecular flexibility index (Phi) is 6.02. The summed E-state index contributed by atoms with van der Waals surface area (Å²) in [6.45, 7) is 7.23. The molecule has 21 heavy (non-hydrogen) atoms. The van der Waals surface area contributed by atoms with E-state index in [2.05, 4.69) is 41.6 Å². The molecule has 1 aromatic rings. The van der Waals surface area contributed by atoms with Crippen molar-refractivity contribution in [2.45, 2.75) is 64.2 Å². The van der Waals surface area contributed by atoms with Gasteiger partial charge in [-0.1, -0.05) is 45.4 Å². The van der Waals surface area contributed by atoms with Crippen LogP contribution in [-0.2, 0) is 11.3 Å². The van der Waals surface area contributed by atoms with Crippen molar-refractivity contribution in [1.82, 2.24) is 25.5 Å². The molecule has 0 unspecified atom stereocenters. The van der Waals surface area contributed by atoms with E-state index in [4.69, 9.17) is 0 Å². The third kappa shape index (κ3) is 4.98. The summed E-state index contributed by atoms with van der Waals surface area (Å²) in [7, 11) is 0. The average Bonchev–Trinajstić information content (AvgIpc) is 2.85. The van der Waals surface area contributed by atoms with E-state index in [9.17, 15) is 4.79 Å². The summed E-state index contributed by atoms with van der Waals surface area (Å²) in [6, 6.07) is 0.332. The van der Waals surface area contributed by atoms with Crippen molar-refractivity contribution >= 4 is 17.7 Å². The zero-order chi connectivity index (χ0) is 15.2. The van der Waals surface area contributed by atoms with Crippen molar-refractivity contribution in [3.05, 3.63) is 0 Å². The van der Waals surface area contributed by atoms with Gasteiger partial charge < -0.3 is 5.32 Å². The van der Waals surface area contributed by atoms with E-state index in [0.29, 0.717) is 23.6 Å². The highest BCUT2D eigenvalue weighted by molar-refractivity contribution is 7.99. The third-order valence-corrected chi connectivity index (χ3v) is 4.78. The third-order valence-electron chi connectivity index (χ3n) is 3.83. The van der Waals surface area contributed by atoms with Crippen LogP contribution < -0.4 is 5.32 Å². The number of thioether (sulfide) groups is 1. The van der Waals surface area contributed by atoms with Crippen LogP contribution >= 0.6 is 11.8 Å². The molecular weight excluding hydrogens is 286 g/mol. The molecule has 0 aliphatic heterocycles. The molecule has 0 radical (unpaired) electrons. The molecule has 1 aromatic heterocycles. The van der Waals surface area contributed by atoms with Crippen LogP contribution in [0.1, 0.15) is 46.5 Å². The number of rotatable bonds is 6. The lowest BCUT2D eigenvalue weighted by molar-refractivity contribution is -0.119. The number of nitrogens with one attached hydrogen (secondary N) is 1. The molecule has 1 aliphatic carbocycles. The van der Waals surface area contributed by atoms with Gasteiger partial charge in [-0.05, 0) is 35.1 Å². The van der Waals surface area contributed by atoms with Crippen molar-refractivity contribution in [2.24, 2.45) is 11.8 Å². The summed E-state index contributed by atoms with van der Waals surface area (Å²) in [5, 5.41) is 15.5. The Balaban J connectivity index is 1.80. The number of amides is 1. The number of tetrazole rings is 1. The first-order valence-corrected chi connectivity index (χ1v) is 8.73. The molecule has 1 saturated carbocycles. The van der Waals surface area contributed by atoms with E-state index in [1.807, 2.05) is 0 Å². The molecule has 1 heterocycles. The Labute approximate surface area is 130 Å². The van der Waals surface area contributed by atoms with Crippen LogP contribution in [0.4, 0.5) is 0 Å². The van der Waals surface area contributed by atoms with Gasteiger partial charge in [0.1, 0.15) is 0 Å². The Hall–Kier alpha value is -1.11. The Morgan fingerprint density at radius 2 is 2.19 bits per heavy atom. The van der Waals surface area contributed by atoms with Crippen molar-refractivity contribution < 1.29 is 4.79 Å². The van der Waals surface area contributed by atoms with Crippen LogP contribution in [0.5, 0.6) is 0 Å². The fraction of sp³-hybridized carbons (Fsp3) is 0.857. The van der Waals surface area contributed by atoms with E-state index in [0.717, 1.165) is 18.1 Å². The Bertz CT molecular complexity index is 462. The monoisotopic (exact) mass is 311 g/mol.